The van der Waals surface area contributed by atoms with Crippen LogP contribution in [0, 0.1) is 6.92 Å². The molecule has 0 saturated carbocycles. The molecule has 0 atom stereocenters. The summed E-state index contributed by atoms with van der Waals surface area (Å²) in [4.78, 5) is 16.9. The second kappa shape index (κ2) is 6.73. The van der Waals surface area contributed by atoms with Crippen LogP contribution in [0.15, 0.2) is 18.5 Å². The molecule has 2 heterocycles. The summed E-state index contributed by atoms with van der Waals surface area (Å²) in [7, 11) is 1.58. The van der Waals surface area contributed by atoms with Crippen molar-refractivity contribution in [3.05, 3.63) is 35.7 Å². The highest BCUT2D eigenvalue weighted by Crippen LogP contribution is 2.11. The molecule has 106 valence electrons. The predicted molar refractivity (Wildman–Crippen MR) is 74.7 cm³/mol. The van der Waals surface area contributed by atoms with Crippen LogP contribution < -0.4 is 16.6 Å². The third-order valence-corrected chi connectivity index (χ3v) is 2.48. The van der Waals surface area contributed by atoms with Crippen molar-refractivity contribution in [1.82, 2.24) is 19.9 Å². The van der Waals surface area contributed by atoms with Crippen LogP contribution in [0.2, 0.25) is 0 Å². The molecule has 2 aromatic heterocycles. The summed E-state index contributed by atoms with van der Waals surface area (Å²) < 4.78 is 5.01. The van der Waals surface area contributed by atoms with E-state index in [0.717, 1.165) is 11.4 Å². The number of methoxy groups -OCH3 is 1. The first-order valence-corrected chi connectivity index (χ1v) is 6.06. The molecular formula is C12H17N7O. The van der Waals surface area contributed by atoms with Gasteiger partial charge in [-0.05, 0) is 6.92 Å². The Kier molecular flexibility index (Phi) is 4.75. The first-order valence-electron chi connectivity index (χ1n) is 6.06. The van der Waals surface area contributed by atoms with E-state index in [9.17, 15) is 0 Å². The number of aromatic nitrogens is 4. The van der Waals surface area contributed by atoms with Gasteiger partial charge in [-0.2, -0.15) is 0 Å². The lowest BCUT2D eigenvalue weighted by molar-refractivity contribution is 0.178. The molecule has 2 rings (SSSR count). The third-order valence-electron chi connectivity index (χ3n) is 2.48. The van der Waals surface area contributed by atoms with Gasteiger partial charge < -0.3 is 15.5 Å². The van der Waals surface area contributed by atoms with Crippen LogP contribution in [0.4, 0.5) is 11.6 Å². The summed E-state index contributed by atoms with van der Waals surface area (Å²) >= 11 is 0. The lowest BCUT2D eigenvalue weighted by atomic mass is 10.4. The van der Waals surface area contributed by atoms with Gasteiger partial charge in [0.2, 0.25) is 0 Å². The number of nitrogens with one attached hydrogen (secondary N) is 2. The van der Waals surface area contributed by atoms with Crippen molar-refractivity contribution in [1.29, 1.82) is 0 Å². The standard InChI is InChI=1S/C12H17N7O/c1-8-4-15-9(5-14-8)6-16-10-3-11(19-13)18-12(17-10)7-20-2/h3-5H,6-7,13H2,1-2H3,(H2,16,17,18,19). The Balaban J connectivity index is 2.07. The fourth-order valence-corrected chi connectivity index (χ4v) is 1.55. The van der Waals surface area contributed by atoms with E-state index in [4.69, 9.17) is 10.6 Å². The number of hydrazine groups is 1. The average molecular weight is 275 g/mol. The summed E-state index contributed by atoms with van der Waals surface area (Å²) in [6.07, 6.45) is 3.45. The molecule has 0 unspecified atom stereocenters. The van der Waals surface area contributed by atoms with Gasteiger partial charge in [0.15, 0.2) is 5.82 Å². The van der Waals surface area contributed by atoms with E-state index in [2.05, 4.69) is 30.7 Å². The minimum absolute atomic E-state index is 0.314. The van der Waals surface area contributed by atoms with Crippen molar-refractivity contribution < 1.29 is 4.74 Å². The zero-order valence-electron chi connectivity index (χ0n) is 11.4. The average Bonchev–Trinajstić information content (AvgIpc) is 2.47. The lowest BCUT2D eigenvalue weighted by Gasteiger charge is -2.09. The first kappa shape index (κ1) is 14.1. The number of nitrogens with zero attached hydrogens (tertiary/aromatic N) is 4. The number of nitrogen functional groups attached to an aromatic ring is 1. The van der Waals surface area contributed by atoms with Crippen LogP contribution in [0.5, 0.6) is 0 Å². The first-order chi connectivity index (χ1) is 9.71. The summed E-state index contributed by atoms with van der Waals surface area (Å²) in [6, 6.07) is 1.71. The van der Waals surface area contributed by atoms with Gasteiger partial charge in [-0.15, -0.1) is 0 Å². The molecule has 0 amide bonds. The van der Waals surface area contributed by atoms with Gasteiger partial charge in [0, 0.05) is 19.4 Å². The third kappa shape index (κ3) is 3.84. The molecule has 0 spiro atoms. The molecule has 8 nitrogen and oxygen atoms in total. The van der Waals surface area contributed by atoms with Crippen LogP contribution in [0.3, 0.4) is 0 Å². The van der Waals surface area contributed by atoms with Gasteiger partial charge >= 0.3 is 0 Å². The van der Waals surface area contributed by atoms with Gasteiger partial charge in [0.05, 0.1) is 24.1 Å². The molecule has 0 fully saturated rings. The Hall–Kier alpha value is -2.32. The summed E-state index contributed by atoms with van der Waals surface area (Å²) in [6.45, 7) is 2.72. The highest BCUT2D eigenvalue weighted by atomic mass is 16.5. The van der Waals surface area contributed by atoms with Gasteiger partial charge in [-0.25, -0.2) is 15.8 Å². The van der Waals surface area contributed by atoms with Crippen LogP contribution in [-0.2, 0) is 17.9 Å². The van der Waals surface area contributed by atoms with Gasteiger partial charge in [-0.3, -0.25) is 9.97 Å². The van der Waals surface area contributed by atoms with Gasteiger partial charge in [-0.1, -0.05) is 0 Å². The second-order valence-electron chi connectivity index (χ2n) is 4.13. The highest BCUT2D eigenvalue weighted by Gasteiger charge is 2.04. The smallest absolute Gasteiger partial charge is 0.158 e. The maximum atomic E-state index is 5.38. The van der Waals surface area contributed by atoms with Crippen molar-refractivity contribution in [2.24, 2.45) is 5.84 Å². The second-order valence-corrected chi connectivity index (χ2v) is 4.13. The number of rotatable bonds is 6. The van der Waals surface area contributed by atoms with E-state index in [1.54, 1.807) is 25.6 Å². The van der Waals surface area contributed by atoms with E-state index in [-0.39, 0.29) is 0 Å². The summed E-state index contributed by atoms with van der Waals surface area (Å²) in [5.74, 6) is 7.08. The van der Waals surface area contributed by atoms with Gasteiger partial charge in [0.1, 0.15) is 18.2 Å². The minimum atomic E-state index is 0.314. The molecule has 8 heteroatoms. The number of hydrogen-bond donors (Lipinski definition) is 3. The predicted octanol–water partition coefficient (Wildman–Crippen LogP) is 0.619. The lowest BCUT2D eigenvalue weighted by Crippen LogP contribution is -2.13. The maximum absolute atomic E-state index is 5.38. The number of ether oxygens (including phenoxy) is 1. The highest BCUT2D eigenvalue weighted by molar-refractivity contribution is 5.46. The largest absolute Gasteiger partial charge is 0.377 e. The molecule has 0 aromatic carbocycles. The molecule has 20 heavy (non-hydrogen) atoms. The molecule has 0 aliphatic rings. The van der Waals surface area contributed by atoms with Crippen LogP contribution in [-0.4, -0.2) is 27.0 Å². The Labute approximate surface area is 116 Å². The van der Waals surface area contributed by atoms with Gasteiger partial charge in [0.25, 0.3) is 0 Å². The summed E-state index contributed by atoms with van der Waals surface area (Å²) in [5.41, 5.74) is 4.20. The molecule has 0 aliphatic carbocycles. The van der Waals surface area contributed by atoms with Crippen LogP contribution >= 0.6 is 0 Å². The fourth-order valence-electron chi connectivity index (χ4n) is 1.55. The van der Waals surface area contributed by atoms with Crippen molar-refractivity contribution in [3.63, 3.8) is 0 Å². The normalized spacial score (nSPS) is 10.3. The maximum Gasteiger partial charge on any atom is 0.158 e. The van der Waals surface area contributed by atoms with E-state index in [1.807, 2.05) is 6.92 Å². The van der Waals surface area contributed by atoms with E-state index in [0.29, 0.717) is 30.6 Å². The monoisotopic (exact) mass is 275 g/mol. The molecule has 4 N–H and O–H groups in total. The molecule has 0 radical (unpaired) electrons. The van der Waals surface area contributed by atoms with E-state index < -0.39 is 0 Å². The van der Waals surface area contributed by atoms with Crippen molar-refractivity contribution in [2.75, 3.05) is 17.9 Å². The van der Waals surface area contributed by atoms with Crippen molar-refractivity contribution in [3.8, 4) is 0 Å². The van der Waals surface area contributed by atoms with E-state index >= 15 is 0 Å². The molecule has 2 aromatic rings. The van der Waals surface area contributed by atoms with Crippen molar-refractivity contribution in [2.45, 2.75) is 20.1 Å². The molecule has 0 saturated heterocycles. The molecule has 0 aliphatic heterocycles. The Morgan fingerprint density at radius 2 is 2.00 bits per heavy atom. The Morgan fingerprint density at radius 3 is 2.65 bits per heavy atom. The number of hydrogen-bond acceptors (Lipinski definition) is 8. The number of anilines is 2. The van der Waals surface area contributed by atoms with E-state index in [1.165, 1.54) is 0 Å². The topological polar surface area (TPSA) is 111 Å². The van der Waals surface area contributed by atoms with Crippen molar-refractivity contribution >= 4 is 11.6 Å². The Morgan fingerprint density at radius 1 is 1.20 bits per heavy atom. The zero-order chi connectivity index (χ0) is 14.4. The zero-order valence-corrected chi connectivity index (χ0v) is 11.4. The Bertz CT molecular complexity index is 558. The SMILES string of the molecule is COCc1nc(NN)cc(NCc2cnc(C)cn2)n1. The summed E-state index contributed by atoms with van der Waals surface area (Å²) in [5, 5.41) is 3.15. The quantitative estimate of drug-likeness (QED) is 0.519. The van der Waals surface area contributed by atoms with Crippen LogP contribution in [0.25, 0.3) is 0 Å². The minimum Gasteiger partial charge on any atom is -0.377 e. The van der Waals surface area contributed by atoms with Crippen LogP contribution in [0.1, 0.15) is 17.2 Å². The molecule has 0 bridgehead atoms. The fraction of sp³-hybridized carbons (Fsp3) is 0.333. The number of nitrogens with two attached hydrogens (primary N) is 1. The number of aryl methyl sites for hydroxylation is 1. The molecular weight excluding hydrogens is 258 g/mol.